The normalized spacial score (nSPS) is 16.0. The van der Waals surface area contributed by atoms with Crippen molar-refractivity contribution < 1.29 is 19.1 Å². The van der Waals surface area contributed by atoms with Gasteiger partial charge >= 0.3 is 0 Å². The second-order valence-electron chi connectivity index (χ2n) is 4.75. The topological polar surface area (TPSA) is 55.8 Å². The second kappa shape index (κ2) is 8.44. The summed E-state index contributed by atoms with van der Waals surface area (Å²) >= 11 is 4.32. The summed E-state index contributed by atoms with van der Waals surface area (Å²) in [5, 5.41) is 0. The van der Waals surface area contributed by atoms with Crippen molar-refractivity contribution >= 4 is 28.9 Å². The second-order valence-corrected chi connectivity index (χ2v) is 4.93. The van der Waals surface area contributed by atoms with Crippen LogP contribution in [-0.2, 0) is 14.3 Å². The highest BCUT2D eigenvalue weighted by molar-refractivity contribution is 6.54. The maximum atomic E-state index is 12.4. The quantitative estimate of drug-likeness (QED) is 0.630. The Morgan fingerprint density at radius 1 is 1.36 bits per heavy atom. The molecule has 1 unspecified atom stereocenters. The molecule has 5 nitrogen and oxygen atoms in total. The smallest absolute Gasteiger partial charge is 0.234 e. The van der Waals surface area contributed by atoms with Gasteiger partial charge in [0.15, 0.2) is 0 Å². The molecule has 0 spiro atoms. The lowest BCUT2D eigenvalue weighted by atomic mass is 9.82. The number of halogens is 1. The minimum atomic E-state index is -0.0637. The molecule has 1 aliphatic rings. The van der Waals surface area contributed by atoms with E-state index in [1.54, 1.807) is 26.2 Å². The van der Waals surface area contributed by atoms with E-state index in [0.717, 1.165) is 22.8 Å². The van der Waals surface area contributed by atoms with E-state index >= 15 is 0 Å². The van der Waals surface area contributed by atoms with Gasteiger partial charge in [0.1, 0.15) is 5.75 Å². The number of ether oxygens (including phenoxy) is 2. The summed E-state index contributed by atoms with van der Waals surface area (Å²) < 4.78 is 10.4. The van der Waals surface area contributed by atoms with Gasteiger partial charge in [0.2, 0.25) is 11.7 Å². The highest BCUT2D eigenvalue weighted by Crippen LogP contribution is 2.36. The molecule has 0 fully saturated rings. The van der Waals surface area contributed by atoms with E-state index in [1.807, 2.05) is 31.2 Å². The van der Waals surface area contributed by atoms with Crippen LogP contribution in [-0.4, -0.2) is 32.9 Å². The van der Waals surface area contributed by atoms with E-state index in [0.29, 0.717) is 6.42 Å². The molecular weight excluding hydrogens is 306 g/mol. The van der Waals surface area contributed by atoms with Gasteiger partial charge < -0.3 is 14.4 Å². The minimum Gasteiger partial charge on any atom is -0.501 e. The van der Waals surface area contributed by atoms with E-state index < -0.39 is 0 Å². The van der Waals surface area contributed by atoms with Crippen molar-refractivity contribution in [1.29, 1.82) is 0 Å². The van der Waals surface area contributed by atoms with Crippen LogP contribution >= 0.6 is 11.6 Å². The molecule has 2 rings (SSSR count). The lowest BCUT2D eigenvalue weighted by Gasteiger charge is -2.32. The average Bonchev–Trinajstić information content (AvgIpc) is 2.53. The standard InChI is InChI=1S/C15H19NO3.CHClO/c1-10-13(9-14(10)19-4)15(17)16(2)11-6-5-7-12(8-11)18-3;2-1-3/h5-8,13H,9H2,1-4H3;1H. The molecule has 0 heterocycles. The fourth-order valence-corrected chi connectivity index (χ4v) is 2.26. The number of amides is 1. The van der Waals surface area contributed by atoms with Crippen LogP contribution in [0.2, 0.25) is 0 Å². The number of nitrogens with zero attached hydrogens (tertiary/aromatic N) is 1. The number of hydrogen-bond acceptors (Lipinski definition) is 4. The molecule has 0 saturated heterocycles. The molecular formula is C16H20ClNO4. The SMILES string of the molecule is COC1=C(C)C(C(=O)N(C)c2cccc(OC)c2)C1.O=CCl. The van der Waals surface area contributed by atoms with Crippen LogP contribution < -0.4 is 9.64 Å². The number of allylic oxidation sites excluding steroid dienone is 1. The number of carbonyl (C=O) groups excluding carboxylic acids is 2. The highest BCUT2D eigenvalue weighted by atomic mass is 35.5. The fraction of sp³-hybridized carbons (Fsp3) is 0.375. The van der Waals surface area contributed by atoms with E-state index in [-0.39, 0.29) is 17.6 Å². The molecule has 1 atom stereocenters. The Labute approximate surface area is 135 Å². The summed E-state index contributed by atoms with van der Waals surface area (Å²) in [4.78, 5) is 22.6. The Bertz CT molecular complexity index is 571. The first-order valence-corrected chi connectivity index (χ1v) is 7.12. The van der Waals surface area contributed by atoms with Crippen molar-refractivity contribution in [3.63, 3.8) is 0 Å². The van der Waals surface area contributed by atoms with Gasteiger partial charge in [-0.3, -0.25) is 9.59 Å². The van der Waals surface area contributed by atoms with Gasteiger partial charge in [-0.15, -0.1) is 0 Å². The van der Waals surface area contributed by atoms with Gasteiger partial charge in [0.25, 0.3) is 0 Å². The molecule has 22 heavy (non-hydrogen) atoms. The van der Waals surface area contributed by atoms with Crippen LogP contribution in [0, 0.1) is 5.92 Å². The summed E-state index contributed by atoms with van der Waals surface area (Å²) in [5.41, 5.74) is 1.87. The van der Waals surface area contributed by atoms with Gasteiger partial charge in [-0.2, -0.15) is 0 Å². The fourth-order valence-electron chi connectivity index (χ4n) is 2.26. The molecule has 0 radical (unpaired) electrons. The first-order chi connectivity index (χ1) is 10.5. The van der Waals surface area contributed by atoms with Crippen LogP contribution in [0.15, 0.2) is 35.6 Å². The van der Waals surface area contributed by atoms with Crippen molar-refractivity contribution in [3.8, 4) is 5.75 Å². The van der Waals surface area contributed by atoms with Crippen LogP contribution in [0.5, 0.6) is 5.75 Å². The number of carbonyl (C=O) groups is 2. The Morgan fingerprint density at radius 2 is 2.00 bits per heavy atom. The molecule has 0 aliphatic heterocycles. The van der Waals surface area contributed by atoms with Gasteiger partial charge in [-0.25, -0.2) is 0 Å². The van der Waals surface area contributed by atoms with Crippen LogP contribution in [0.3, 0.4) is 0 Å². The van der Waals surface area contributed by atoms with Gasteiger partial charge in [0, 0.05) is 25.2 Å². The summed E-state index contributed by atoms with van der Waals surface area (Å²) in [6, 6.07) is 7.49. The molecule has 0 aromatic heterocycles. The van der Waals surface area contributed by atoms with Crippen molar-refractivity contribution in [3.05, 3.63) is 35.6 Å². The Morgan fingerprint density at radius 3 is 2.50 bits per heavy atom. The number of benzene rings is 1. The molecule has 120 valence electrons. The monoisotopic (exact) mass is 325 g/mol. The first-order valence-electron chi connectivity index (χ1n) is 6.69. The lowest BCUT2D eigenvalue weighted by molar-refractivity contribution is -0.122. The van der Waals surface area contributed by atoms with E-state index in [1.165, 1.54) is 0 Å². The largest absolute Gasteiger partial charge is 0.501 e. The molecule has 0 saturated carbocycles. The van der Waals surface area contributed by atoms with Gasteiger partial charge in [0.05, 0.1) is 25.9 Å². The Hall–Kier alpha value is -2.01. The molecule has 1 aromatic rings. The summed E-state index contributed by atoms with van der Waals surface area (Å²) in [5.74, 6) is 1.92. The molecule has 0 bridgehead atoms. The first kappa shape index (κ1) is 18.0. The van der Waals surface area contributed by atoms with Crippen LogP contribution in [0.1, 0.15) is 13.3 Å². The van der Waals surface area contributed by atoms with E-state index in [9.17, 15) is 4.79 Å². The number of anilines is 1. The molecule has 1 amide bonds. The van der Waals surface area contributed by atoms with Crippen LogP contribution in [0.4, 0.5) is 5.69 Å². The molecule has 1 aliphatic carbocycles. The predicted octanol–water partition coefficient (Wildman–Crippen LogP) is 3.01. The minimum absolute atomic E-state index is 0.0637. The highest BCUT2D eigenvalue weighted by Gasteiger charge is 2.35. The number of rotatable bonds is 4. The average molecular weight is 326 g/mol. The number of methoxy groups -OCH3 is 2. The maximum absolute atomic E-state index is 12.4. The Balaban J connectivity index is 0.000000745. The lowest BCUT2D eigenvalue weighted by Crippen LogP contribution is -2.37. The molecule has 6 heteroatoms. The third-order valence-corrected chi connectivity index (χ3v) is 3.67. The third kappa shape index (κ3) is 4.01. The summed E-state index contributed by atoms with van der Waals surface area (Å²) in [6.45, 7) is 1.95. The zero-order chi connectivity index (χ0) is 16.7. The van der Waals surface area contributed by atoms with E-state index in [4.69, 9.17) is 14.3 Å². The van der Waals surface area contributed by atoms with Crippen molar-refractivity contribution in [1.82, 2.24) is 0 Å². The summed E-state index contributed by atoms with van der Waals surface area (Å²) in [6.07, 6.45) is 0.690. The Kier molecular flexibility index (Phi) is 6.92. The van der Waals surface area contributed by atoms with Crippen molar-refractivity contribution in [2.24, 2.45) is 5.92 Å². The molecule has 1 aromatic carbocycles. The summed E-state index contributed by atoms with van der Waals surface area (Å²) in [7, 11) is 5.05. The van der Waals surface area contributed by atoms with Crippen LogP contribution in [0.25, 0.3) is 0 Å². The zero-order valence-corrected chi connectivity index (χ0v) is 13.9. The van der Waals surface area contributed by atoms with Gasteiger partial charge in [-0.1, -0.05) is 6.07 Å². The van der Waals surface area contributed by atoms with Crippen molar-refractivity contribution in [2.75, 3.05) is 26.2 Å². The van der Waals surface area contributed by atoms with Gasteiger partial charge in [-0.05, 0) is 36.2 Å². The number of hydrogen-bond donors (Lipinski definition) is 0. The molecule has 0 N–H and O–H groups in total. The zero-order valence-electron chi connectivity index (χ0n) is 13.1. The maximum Gasteiger partial charge on any atom is 0.234 e. The predicted molar refractivity (Wildman–Crippen MR) is 86.8 cm³/mol. The van der Waals surface area contributed by atoms with Crippen molar-refractivity contribution in [2.45, 2.75) is 13.3 Å². The third-order valence-electron chi connectivity index (χ3n) is 3.67. The van der Waals surface area contributed by atoms with E-state index in [2.05, 4.69) is 11.6 Å².